The Bertz CT molecular complexity index is 273. The largest absolute Gasteiger partial charge is 0.301 e. The van der Waals surface area contributed by atoms with E-state index in [1.54, 1.807) is 30.1 Å². The molecule has 0 aliphatic carbocycles. The molecule has 5 heteroatoms. The third kappa shape index (κ3) is 6.10. The fourth-order valence-corrected chi connectivity index (χ4v) is 1.93. The maximum Gasteiger partial charge on any atom is 0.144 e. The first kappa shape index (κ1) is 15.7. The van der Waals surface area contributed by atoms with Crippen LogP contribution in [0.25, 0.3) is 0 Å². The van der Waals surface area contributed by atoms with E-state index in [2.05, 4.69) is 31.9 Å². The minimum atomic E-state index is -0.975. The van der Waals surface area contributed by atoms with E-state index < -0.39 is 9.75 Å². The third-order valence-corrected chi connectivity index (χ3v) is 4.11. The molecular weight excluding hydrogens is 367 g/mol. The smallest absolute Gasteiger partial charge is 0.144 e. The van der Waals surface area contributed by atoms with Crippen molar-refractivity contribution in [2.45, 2.75) is 28.4 Å². The Morgan fingerprint density at radius 3 is 2.20 bits per heavy atom. The molecule has 0 heterocycles. The van der Waals surface area contributed by atoms with Crippen molar-refractivity contribution in [3.63, 3.8) is 0 Å². The predicted octanol–water partition coefficient (Wildman–Crippen LogP) is 4.41. The number of halogens is 4. The monoisotopic (exact) mass is 376 g/mol. The van der Waals surface area contributed by atoms with E-state index in [9.17, 15) is 4.79 Å². The molecule has 15 heavy (non-hydrogen) atoms. The molecule has 3 atom stereocenters. The van der Waals surface area contributed by atoms with E-state index in [1.807, 2.05) is 6.92 Å². The summed E-state index contributed by atoms with van der Waals surface area (Å²) in [5.74, 6) is 0. The standard InChI is InChI=1S/C10H12Br2Cl2O/c1-9(13,7-15)4-3-8(12)10(2,14)5-6-11/h3-8H,1-2H3. The van der Waals surface area contributed by atoms with Gasteiger partial charge in [0.2, 0.25) is 0 Å². The van der Waals surface area contributed by atoms with Crippen LogP contribution in [0.3, 0.4) is 0 Å². The van der Waals surface area contributed by atoms with Gasteiger partial charge in [-0.3, -0.25) is 0 Å². The number of hydrogen-bond acceptors (Lipinski definition) is 1. The zero-order valence-electron chi connectivity index (χ0n) is 8.38. The molecule has 0 bridgehead atoms. The Morgan fingerprint density at radius 1 is 1.27 bits per heavy atom. The molecule has 1 nitrogen and oxygen atoms in total. The number of carbonyl (C=O) groups is 1. The van der Waals surface area contributed by atoms with Crippen LogP contribution in [0.4, 0.5) is 0 Å². The Hall–Kier alpha value is 0.690. The van der Waals surface area contributed by atoms with Gasteiger partial charge in [0.25, 0.3) is 0 Å². The molecule has 0 fully saturated rings. The first-order chi connectivity index (χ1) is 6.75. The average Bonchev–Trinajstić information content (AvgIpc) is 2.14. The highest BCUT2D eigenvalue weighted by Gasteiger charge is 2.26. The summed E-state index contributed by atoms with van der Waals surface area (Å²) in [6.45, 7) is 3.46. The molecule has 0 aromatic carbocycles. The molecule has 0 spiro atoms. The summed E-state index contributed by atoms with van der Waals surface area (Å²) in [5, 5.41) is 0. The molecular formula is C10H12Br2Cl2O. The minimum absolute atomic E-state index is 0.113. The van der Waals surface area contributed by atoms with Crippen LogP contribution >= 0.6 is 55.1 Å². The van der Waals surface area contributed by atoms with Crippen LogP contribution in [-0.4, -0.2) is 20.9 Å². The van der Waals surface area contributed by atoms with Crippen molar-refractivity contribution in [1.29, 1.82) is 0 Å². The van der Waals surface area contributed by atoms with Gasteiger partial charge in [0.05, 0.1) is 9.70 Å². The van der Waals surface area contributed by atoms with E-state index in [0.717, 1.165) is 0 Å². The highest BCUT2D eigenvalue weighted by Crippen LogP contribution is 2.29. The molecule has 0 aromatic heterocycles. The van der Waals surface area contributed by atoms with Crippen LogP contribution in [0.1, 0.15) is 13.8 Å². The van der Waals surface area contributed by atoms with Crippen molar-refractivity contribution < 1.29 is 4.79 Å². The van der Waals surface area contributed by atoms with Crippen molar-refractivity contribution in [2.75, 3.05) is 0 Å². The van der Waals surface area contributed by atoms with Gasteiger partial charge in [-0.05, 0) is 18.8 Å². The quantitative estimate of drug-likeness (QED) is 0.393. The van der Waals surface area contributed by atoms with Gasteiger partial charge in [-0.2, -0.15) is 0 Å². The number of aldehydes is 1. The van der Waals surface area contributed by atoms with Crippen LogP contribution < -0.4 is 0 Å². The Kier molecular flexibility index (Phi) is 6.73. The van der Waals surface area contributed by atoms with Gasteiger partial charge in [-0.25, -0.2) is 0 Å². The second kappa shape index (κ2) is 6.43. The SMILES string of the molecule is CC(Cl)(C=O)C=CC(Br)C(C)(Cl)C=CBr. The fourth-order valence-electron chi connectivity index (χ4n) is 0.715. The molecule has 0 amide bonds. The van der Waals surface area contributed by atoms with Gasteiger partial charge in [-0.1, -0.05) is 50.1 Å². The molecule has 0 saturated carbocycles. The molecule has 0 saturated heterocycles. The summed E-state index contributed by atoms with van der Waals surface area (Å²) in [7, 11) is 0. The third-order valence-electron chi connectivity index (χ3n) is 1.75. The molecule has 0 aromatic rings. The summed E-state index contributed by atoms with van der Waals surface area (Å²) in [5.41, 5.74) is 0. The number of carbonyl (C=O) groups excluding carboxylic acids is 1. The fraction of sp³-hybridized carbons (Fsp3) is 0.500. The molecule has 0 aliphatic heterocycles. The first-order valence-electron chi connectivity index (χ1n) is 4.20. The zero-order chi connectivity index (χ0) is 12.1. The van der Waals surface area contributed by atoms with Gasteiger partial charge in [0.1, 0.15) is 11.2 Å². The molecule has 0 rings (SSSR count). The zero-order valence-corrected chi connectivity index (χ0v) is 13.1. The van der Waals surface area contributed by atoms with Crippen molar-refractivity contribution >= 4 is 61.3 Å². The number of allylic oxidation sites excluding steroid dienone is 3. The maximum atomic E-state index is 10.6. The van der Waals surface area contributed by atoms with Gasteiger partial charge < -0.3 is 4.79 Å². The molecule has 0 N–H and O–H groups in total. The second-order valence-electron chi connectivity index (χ2n) is 3.47. The lowest BCUT2D eigenvalue weighted by molar-refractivity contribution is -0.108. The van der Waals surface area contributed by atoms with Crippen LogP contribution in [0.5, 0.6) is 0 Å². The molecule has 0 radical (unpaired) electrons. The minimum Gasteiger partial charge on any atom is -0.301 e. The summed E-state index contributed by atoms with van der Waals surface area (Å²) in [4.78, 5) is 10.6. The van der Waals surface area contributed by atoms with E-state index in [4.69, 9.17) is 23.2 Å². The average molecular weight is 379 g/mol. The van der Waals surface area contributed by atoms with Gasteiger partial charge in [0, 0.05) is 0 Å². The van der Waals surface area contributed by atoms with Crippen molar-refractivity contribution in [3.8, 4) is 0 Å². The maximum absolute atomic E-state index is 10.6. The first-order valence-corrected chi connectivity index (χ1v) is 6.79. The van der Waals surface area contributed by atoms with E-state index in [-0.39, 0.29) is 4.83 Å². The topological polar surface area (TPSA) is 17.1 Å². The van der Waals surface area contributed by atoms with Crippen molar-refractivity contribution in [1.82, 2.24) is 0 Å². The van der Waals surface area contributed by atoms with Crippen LogP contribution in [0, 0.1) is 0 Å². The van der Waals surface area contributed by atoms with Crippen LogP contribution in [0.15, 0.2) is 23.2 Å². The van der Waals surface area contributed by atoms with Crippen LogP contribution in [0.2, 0.25) is 0 Å². The molecule has 0 aliphatic rings. The lowest BCUT2D eigenvalue weighted by atomic mass is 10.1. The number of hydrogen-bond donors (Lipinski definition) is 0. The van der Waals surface area contributed by atoms with Crippen molar-refractivity contribution in [3.05, 3.63) is 23.2 Å². The van der Waals surface area contributed by atoms with E-state index in [0.29, 0.717) is 6.29 Å². The van der Waals surface area contributed by atoms with Gasteiger partial charge in [-0.15, -0.1) is 23.2 Å². The number of rotatable bonds is 5. The van der Waals surface area contributed by atoms with Crippen LogP contribution in [-0.2, 0) is 4.79 Å². The molecule has 86 valence electrons. The highest BCUT2D eigenvalue weighted by molar-refractivity contribution is 9.11. The number of alkyl halides is 3. The van der Waals surface area contributed by atoms with E-state index in [1.165, 1.54) is 0 Å². The summed E-state index contributed by atoms with van der Waals surface area (Å²) < 4.78 is 0. The summed E-state index contributed by atoms with van der Waals surface area (Å²) in [6.07, 6.45) is 5.85. The lowest BCUT2D eigenvalue weighted by Gasteiger charge is -2.22. The lowest BCUT2D eigenvalue weighted by Crippen LogP contribution is -2.25. The van der Waals surface area contributed by atoms with Crippen molar-refractivity contribution in [2.24, 2.45) is 0 Å². The Morgan fingerprint density at radius 2 is 1.80 bits per heavy atom. The van der Waals surface area contributed by atoms with E-state index >= 15 is 0 Å². The van der Waals surface area contributed by atoms with Gasteiger partial charge >= 0.3 is 0 Å². The predicted molar refractivity (Wildman–Crippen MR) is 74.5 cm³/mol. The summed E-state index contributed by atoms with van der Waals surface area (Å²) >= 11 is 18.6. The summed E-state index contributed by atoms with van der Waals surface area (Å²) in [6, 6.07) is 0. The highest BCUT2D eigenvalue weighted by atomic mass is 79.9. The second-order valence-corrected chi connectivity index (χ2v) is 6.62. The Labute approximate surface area is 117 Å². The Balaban J connectivity index is 4.62. The van der Waals surface area contributed by atoms with Gasteiger partial charge in [0.15, 0.2) is 0 Å². The molecule has 3 unspecified atom stereocenters. The normalized spacial score (nSPS) is 22.5.